The minimum absolute atomic E-state index is 0.00594. The van der Waals surface area contributed by atoms with E-state index in [0.717, 1.165) is 23.2 Å². The van der Waals surface area contributed by atoms with Gasteiger partial charge >= 0.3 is 0 Å². The molecule has 31 heavy (non-hydrogen) atoms. The maximum absolute atomic E-state index is 13.4. The number of carbonyl (C=O) groups is 1. The lowest BCUT2D eigenvalue weighted by molar-refractivity contribution is -0.137. The van der Waals surface area contributed by atoms with Crippen molar-refractivity contribution < 1.29 is 13.9 Å². The zero-order chi connectivity index (χ0) is 22.5. The Morgan fingerprint density at radius 2 is 1.77 bits per heavy atom. The fourth-order valence-electron chi connectivity index (χ4n) is 4.56. The van der Waals surface area contributed by atoms with Crippen molar-refractivity contribution in [2.75, 3.05) is 40.4 Å². The first kappa shape index (κ1) is 23.4. The first-order valence-corrected chi connectivity index (χ1v) is 11.0. The van der Waals surface area contributed by atoms with Crippen LogP contribution in [-0.2, 0) is 16.0 Å². The maximum atomic E-state index is 13.4. The molecular weight excluding hydrogens is 391 g/mol. The number of hydrogen-bond acceptors (Lipinski definition) is 3. The second-order valence-corrected chi connectivity index (χ2v) is 9.86. The third-order valence-electron chi connectivity index (χ3n) is 6.05. The molecule has 2 aromatic rings. The van der Waals surface area contributed by atoms with E-state index in [2.05, 4.69) is 50.3 Å². The van der Waals surface area contributed by atoms with E-state index in [1.165, 1.54) is 12.1 Å². The molecule has 0 aromatic heterocycles. The highest BCUT2D eigenvalue weighted by Gasteiger charge is 2.40. The average molecular weight is 427 g/mol. The quantitative estimate of drug-likeness (QED) is 0.674. The van der Waals surface area contributed by atoms with Gasteiger partial charge in [-0.1, -0.05) is 50.2 Å². The van der Waals surface area contributed by atoms with Gasteiger partial charge < -0.3 is 15.0 Å². The minimum Gasteiger partial charge on any atom is -0.381 e. The first-order chi connectivity index (χ1) is 14.7. The Kier molecular flexibility index (Phi) is 7.50. The molecule has 0 saturated carbocycles. The molecule has 4 nitrogen and oxygen atoms in total. The van der Waals surface area contributed by atoms with Gasteiger partial charge in [0.05, 0.1) is 5.41 Å². The summed E-state index contributed by atoms with van der Waals surface area (Å²) in [6.07, 6.45) is 2.10. The van der Waals surface area contributed by atoms with E-state index in [-0.39, 0.29) is 17.1 Å². The molecule has 0 atom stereocenters. The third-order valence-corrected chi connectivity index (χ3v) is 6.05. The van der Waals surface area contributed by atoms with Crippen LogP contribution in [0.5, 0.6) is 0 Å². The Balaban J connectivity index is 1.77. The number of nitrogens with one attached hydrogen (secondary N) is 1. The van der Waals surface area contributed by atoms with Crippen LogP contribution in [0.15, 0.2) is 48.5 Å². The lowest BCUT2D eigenvalue weighted by Gasteiger charge is -2.37. The molecule has 1 fully saturated rings. The molecule has 1 N–H and O–H groups in total. The minimum atomic E-state index is -0.464. The van der Waals surface area contributed by atoms with E-state index in [0.29, 0.717) is 39.0 Å². The molecule has 168 valence electrons. The summed E-state index contributed by atoms with van der Waals surface area (Å²) in [6, 6.07) is 14.8. The molecule has 0 spiro atoms. The Bertz CT molecular complexity index is 871. The third kappa shape index (κ3) is 6.37. The van der Waals surface area contributed by atoms with Crippen molar-refractivity contribution in [1.29, 1.82) is 0 Å². The number of halogens is 1. The van der Waals surface area contributed by atoms with Crippen molar-refractivity contribution in [3.63, 3.8) is 0 Å². The number of benzene rings is 2. The first-order valence-electron chi connectivity index (χ1n) is 11.0. The maximum Gasteiger partial charge on any atom is 0.226 e. The van der Waals surface area contributed by atoms with Gasteiger partial charge in [-0.2, -0.15) is 0 Å². The van der Waals surface area contributed by atoms with Crippen LogP contribution in [0.2, 0.25) is 0 Å². The zero-order valence-corrected chi connectivity index (χ0v) is 19.2. The normalized spacial score (nSPS) is 16.3. The van der Waals surface area contributed by atoms with Gasteiger partial charge in [0.2, 0.25) is 5.91 Å². The molecule has 1 amide bonds. The van der Waals surface area contributed by atoms with Crippen LogP contribution in [0.25, 0.3) is 11.1 Å². The highest BCUT2D eigenvalue weighted by Crippen LogP contribution is 2.36. The van der Waals surface area contributed by atoms with Crippen LogP contribution < -0.4 is 5.32 Å². The van der Waals surface area contributed by atoms with Crippen LogP contribution in [-0.4, -0.2) is 51.2 Å². The summed E-state index contributed by atoms with van der Waals surface area (Å²) >= 11 is 0. The van der Waals surface area contributed by atoms with E-state index >= 15 is 0 Å². The molecule has 1 aliphatic rings. The molecule has 5 heteroatoms. The van der Waals surface area contributed by atoms with Crippen LogP contribution >= 0.6 is 0 Å². The predicted octanol–water partition coefficient (Wildman–Crippen LogP) is 4.54. The molecule has 1 heterocycles. The summed E-state index contributed by atoms with van der Waals surface area (Å²) in [5, 5.41) is 3.25. The fourth-order valence-corrected chi connectivity index (χ4v) is 4.56. The molecule has 3 rings (SSSR count). The van der Waals surface area contributed by atoms with Crippen molar-refractivity contribution >= 4 is 5.91 Å². The number of amides is 1. The number of nitrogens with zero attached hydrogens (tertiary/aromatic N) is 1. The Morgan fingerprint density at radius 3 is 2.42 bits per heavy atom. The summed E-state index contributed by atoms with van der Waals surface area (Å²) in [4.78, 5) is 15.6. The lowest BCUT2D eigenvalue weighted by Crippen LogP contribution is -2.49. The van der Waals surface area contributed by atoms with Gasteiger partial charge in [0, 0.05) is 26.3 Å². The molecule has 1 aliphatic heterocycles. The van der Waals surface area contributed by atoms with Crippen molar-refractivity contribution in [1.82, 2.24) is 10.2 Å². The standard InChI is InChI=1S/C26H35FN2O2/c1-25(2,19-29(3)4)18-28-24(30)26(12-14-31-15-13-26)17-20-6-5-7-22(16-20)21-8-10-23(27)11-9-21/h5-11,16H,12-15,17-19H2,1-4H3,(H,28,30). The number of carbonyl (C=O) groups excluding carboxylic acids is 1. The second-order valence-electron chi connectivity index (χ2n) is 9.86. The monoisotopic (exact) mass is 426 g/mol. The Hall–Kier alpha value is -2.24. The molecule has 2 aromatic carbocycles. The predicted molar refractivity (Wildman–Crippen MR) is 123 cm³/mol. The summed E-state index contributed by atoms with van der Waals surface area (Å²) in [6.45, 7) is 7.11. The molecule has 0 aliphatic carbocycles. The van der Waals surface area contributed by atoms with Crippen LogP contribution in [0.4, 0.5) is 4.39 Å². The average Bonchev–Trinajstić information content (AvgIpc) is 2.72. The summed E-state index contributed by atoms with van der Waals surface area (Å²) in [5.41, 5.74) is 2.65. The van der Waals surface area contributed by atoms with Crippen molar-refractivity contribution in [3.8, 4) is 11.1 Å². The summed E-state index contributed by atoms with van der Waals surface area (Å²) < 4.78 is 18.9. The highest BCUT2D eigenvalue weighted by molar-refractivity contribution is 5.83. The highest BCUT2D eigenvalue weighted by atomic mass is 19.1. The Labute approximate surface area is 185 Å². The van der Waals surface area contributed by atoms with Gasteiger partial charge in [-0.05, 0) is 67.6 Å². The van der Waals surface area contributed by atoms with E-state index in [9.17, 15) is 9.18 Å². The SMILES string of the molecule is CN(C)CC(C)(C)CNC(=O)C1(Cc2cccc(-c3ccc(F)cc3)c2)CCOCC1. The topological polar surface area (TPSA) is 41.6 Å². The largest absolute Gasteiger partial charge is 0.381 e. The number of ether oxygens (including phenoxy) is 1. The van der Waals surface area contributed by atoms with Crippen LogP contribution in [0, 0.1) is 16.6 Å². The van der Waals surface area contributed by atoms with Crippen LogP contribution in [0.1, 0.15) is 32.3 Å². The van der Waals surface area contributed by atoms with Gasteiger partial charge in [0.15, 0.2) is 0 Å². The van der Waals surface area contributed by atoms with E-state index in [1.807, 2.05) is 12.1 Å². The van der Waals surface area contributed by atoms with Gasteiger partial charge in [0.1, 0.15) is 5.82 Å². The van der Waals surface area contributed by atoms with E-state index in [4.69, 9.17) is 4.74 Å². The summed E-state index contributed by atoms with van der Waals surface area (Å²) in [5.74, 6) is -0.121. The van der Waals surface area contributed by atoms with Gasteiger partial charge in [-0.3, -0.25) is 4.79 Å². The van der Waals surface area contributed by atoms with Crippen molar-refractivity contribution in [2.24, 2.45) is 10.8 Å². The molecular formula is C26H35FN2O2. The second kappa shape index (κ2) is 9.92. The van der Waals surface area contributed by atoms with Crippen molar-refractivity contribution in [3.05, 3.63) is 59.9 Å². The summed E-state index contributed by atoms with van der Waals surface area (Å²) in [7, 11) is 4.11. The zero-order valence-electron chi connectivity index (χ0n) is 19.2. The number of hydrogen-bond donors (Lipinski definition) is 1. The smallest absolute Gasteiger partial charge is 0.226 e. The lowest BCUT2D eigenvalue weighted by atomic mass is 9.74. The van der Waals surface area contributed by atoms with E-state index in [1.54, 1.807) is 12.1 Å². The molecule has 0 radical (unpaired) electrons. The van der Waals surface area contributed by atoms with E-state index < -0.39 is 5.41 Å². The fraction of sp³-hybridized carbons (Fsp3) is 0.500. The molecule has 0 bridgehead atoms. The van der Waals surface area contributed by atoms with Gasteiger partial charge in [-0.25, -0.2) is 4.39 Å². The van der Waals surface area contributed by atoms with Crippen LogP contribution in [0.3, 0.4) is 0 Å². The Morgan fingerprint density at radius 1 is 1.10 bits per heavy atom. The van der Waals surface area contributed by atoms with Gasteiger partial charge in [0.25, 0.3) is 0 Å². The van der Waals surface area contributed by atoms with Crippen molar-refractivity contribution in [2.45, 2.75) is 33.1 Å². The number of rotatable bonds is 8. The van der Waals surface area contributed by atoms with Gasteiger partial charge in [-0.15, -0.1) is 0 Å². The molecule has 0 unspecified atom stereocenters. The molecule has 1 saturated heterocycles.